The minimum atomic E-state index is -1.25. The van der Waals surface area contributed by atoms with Gasteiger partial charge >= 0.3 is 6.16 Å². The molecule has 4 aromatic rings. The van der Waals surface area contributed by atoms with Crippen LogP contribution in [0.1, 0.15) is 10.4 Å². The van der Waals surface area contributed by atoms with Crippen molar-refractivity contribution < 1.29 is 28.3 Å². The van der Waals surface area contributed by atoms with Gasteiger partial charge in [-0.05, 0) is 48.9 Å². The number of rotatable bonds is 7. The van der Waals surface area contributed by atoms with Gasteiger partial charge in [0, 0.05) is 30.1 Å². The van der Waals surface area contributed by atoms with Crippen molar-refractivity contribution in [2.24, 2.45) is 0 Å². The van der Waals surface area contributed by atoms with Crippen LogP contribution in [-0.2, 0) is 11.3 Å². The lowest BCUT2D eigenvalue weighted by Crippen LogP contribution is -2.51. The van der Waals surface area contributed by atoms with E-state index in [1.807, 2.05) is 25.1 Å². The molecule has 1 aliphatic heterocycles. The van der Waals surface area contributed by atoms with Gasteiger partial charge < -0.3 is 19.1 Å². The third-order valence-electron chi connectivity index (χ3n) is 5.32. The number of para-hydroxylation sites is 1. The minimum Gasteiger partial charge on any atom is -0.454 e. The molecule has 0 spiro atoms. The smallest absolute Gasteiger partial charge is 0.454 e. The Hall–Kier alpha value is -3.76. The highest BCUT2D eigenvalue weighted by Crippen LogP contribution is 2.34. The number of ether oxygens (including phenoxy) is 2. The molecule has 2 aromatic heterocycles. The van der Waals surface area contributed by atoms with E-state index in [4.69, 9.17) is 19.1 Å². The Bertz CT molecular complexity index is 1320. The normalized spacial score (nSPS) is 14.1. The quantitative estimate of drug-likeness (QED) is 0.342. The first kappa shape index (κ1) is 22.1. The molecule has 1 fully saturated rings. The summed E-state index contributed by atoms with van der Waals surface area (Å²) in [7, 11) is 0. The van der Waals surface area contributed by atoms with Crippen molar-refractivity contribution in [2.45, 2.75) is 19.6 Å². The van der Waals surface area contributed by atoms with Crippen LogP contribution in [0.3, 0.4) is 0 Å². The van der Waals surface area contributed by atoms with Crippen molar-refractivity contribution in [1.82, 2.24) is 15.0 Å². The summed E-state index contributed by atoms with van der Waals surface area (Å²) in [5.41, 5.74) is 1.46. The Labute approximate surface area is 198 Å². The van der Waals surface area contributed by atoms with Crippen molar-refractivity contribution in [3.63, 3.8) is 0 Å². The van der Waals surface area contributed by atoms with E-state index in [0.717, 1.165) is 15.3 Å². The van der Waals surface area contributed by atoms with Gasteiger partial charge in [-0.1, -0.05) is 23.4 Å². The molecule has 3 heterocycles. The van der Waals surface area contributed by atoms with E-state index >= 15 is 0 Å². The molecule has 174 valence electrons. The molecule has 1 aliphatic rings. The predicted octanol–water partition coefficient (Wildman–Crippen LogP) is 5.58. The molecule has 8 nitrogen and oxygen atoms in total. The SMILES string of the molecule is Cc1cc(CN2CC(OC(=O)O)C2)sc1-c1noc(-c2ccc(Oc3ccccc3)c(F)c2)n1. The molecule has 34 heavy (non-hydrogen) atoms. The van der Waals surface area contributed by atoms with E-state index < -0.39 is 12.0 Å². The molecule has 0 unspecified atom stereocenters. The van der Waals surface area contributed by atoms with Crippen molar-refractivity contribution in [2.75, 3.05) is 13.1 Å². The minimum absolute atomic E-state index is 0.107. The fourth-order valence-electron chi connectivity index (χ4n) is 3.70. The molecule has 0 bridgehead atoms. The molecule has 0 aliphatic carbocycles. The zero-order chi connectivity index (χ0) is 23.7. The van der Waals surface area contributed by atoms with Crippen LogP contribution in [0.5, 0.6) is 11.5 Å². The highest BCUT2D eigenvalue weighted by molar-refractivity contribution is 7.15. The Balaban J connectivity index is 1.27. The molecule has 10 heteroatoms. The van der Waals surface area contributed by atoms with E-state index in [1.165, 1.54) is 12.1 Å². The number of halogens is 1. The maximum atomic E-state index is 14.6. The van der Waals surface area contributed by atoms with Gasteiger partial charge in [-0.3, -0.25) is 4.90 Å². The number of carbonyl (C=O) groups is 1. The third kappa shape index (κ3) is 4.78. The zero-order valence-electron chi connectivity index (χ0n) is 18.1. The summed E-state index contributed by atoms with van der Waals surface area (Å²) in [6.45, 7) is 3.79. The molecule has 0 radical (unpaired) electrons. The lowest BCUT2D eigenvalue weighted by molar-refractivity contribution is -0.0359. The van der Waals surface area contributed by atoms with Crippen LogP contribution in [0.4, 0.5) is 9.18 Å². The number of hydrogen-bond donors (Lipinski definition) is 1. The van der Waals surface area contributed by atoms with Crippen LogP contribution >= 0.6 is 11.3 Å². The van der Waals surface area contributed by atoms with Gasteiger partial charge in [-0.15, -0.1) is 11.3 Å². The largest absolute Gasteiger partial charge is 0.506 e. The van der Waals surface area contributed by atoms with Crippen LogP contribution in [0.25, 0.3) is 22.2 Å². The highest BCUT2D eigenvalue weighted by Gasteiger charge is 2.30. The van der Waals surface area contributed by atoms with Crippen LogP contribution < -0.4 is 4.74 Å². The fourth-order valence-corrected chi connectivity index (χ4v) is 4.84. The summed E-state index contributed by atoms with van der Waals surface area (Å²) in [5, 5.41) is 12.8. The highest BCUT2D eigenvalue weighted by atomic mass is 32.1. The lowest BCUT2D eigenvalue weighted by Gasteiger charge is -2.37. The third-order valence-corrected chi connectivity index (χ3v) is 6.54. The Morgan fingerprint density at radius 2 is 2.03 bits per heavy atom. The van der Waals surface area contributed by atoms with Gasteiger partial charge in [0.25, 0.3) is 5.89 Å². The van der Waals surface area contributed by atoms with Gasteiger partial charge in [-0.25, -0.2) is 9.18 Å². The monoisotopic (exact) mass is 481 g/mol. The number of hydrogen-bond acceptors (Lipinski definition) is 8. The van der Waals surface area contributed by atoms with Crippen molar-refractivity contribution in [3.8, 4) is 33.7 Å². The van der Waals surface area contributed by atoms with Crippen LogP contribution in [0.15, 0.2) is 59.1 Å². The number of thiophene rings is 1. The molecule has 5 rings (SSSR count). The van der Waals surface area contributed by atoms with E-state index in [1.54, 1.807) is 29.5 Å². The van der Waals surface area contributed by atoms with Crippen molar-refractivity contribution >= 4 is 17.5 Å². The van der Waals surface area contributed by atoms with Crippen molar-refractivity contribution in [3.05, 3.63) is 70.9 Å². The Morgan fingerprint density at radius 3 is 2.76 bits per heavy atom. The Kier molecular flexibility index (Phi) is 5.99. The zero-order valence-corrected chi connectivity index (χ0v) is 18.9. The first-order chi connectivity index (χ1) is 16.4. The van der Waals surface area contributed by atoms with Gasteiger partial charge in [0.1, 0.15) is 11.9 Å². The molecular weight excluding hydrogens is 461 g/mol. The number of benzene rings is 2. The molecule has 1 N–H and O–H groups in total. The number of aryl methyl sites for hydroxylation is 1. The van der Waals surface area contributed by atoms with E-state index in [0.29, 0.717) is 36.8 Å². The average molecular weight is 482 g/mol. The standard InChI is InChI=1S/C24H20FN3O5S/c1-14-9-18(13-28-11-17(12-28)32-24(29)30)34-21(14)22-26-23(33-27-22)15-7-8-20(19(25)10-15)31-16-5-3-2-4-6-16/h2-10,17H,11-13H2,1H3,(H,29,30). The number of aromatic nitrogens is 2. The van der Waals surface area contributed by atoms with Gasteiger partial charge in [-0.2, -0.15) is 4.98 Å². The Morgan fingerprint density at radius 1 is 1.24 bits per heavy atom. The van der Waals surface area contributed by atoms with Gasteiger partial charge in [0.05, 0.1) is 4.88 Å². The van der Waals surface area contributed by atoms with Crippen LogP contribution in [0.2, 0.25) is 0 Å². The summed E-state index contributed by atoms with van der Waals surface area (Å²) in [6, 6.07) is 15.5. The summed E-state index contributed by atoms with van der Waals surface area (Å²) >= 11 is 1.54. The molecule has 0 saturated carbocycles. The van der Waals surface area contributed by atoms with E-state index in [-0.39, 0.29) is 17.7 Å². The van der Waals surface area contributed by atoms with E-state index in [2.05, 4.69) is 21.1 Å². The molecule has 2 aromatic carbocycles. The van der Waals surface area contributed by atoms with Crippen molar-refractivity contribution in [1.29, 1.82) is 0 Å². The maximum absolute atomic E-state index is 14.6. The van der Waals surface area contributed by atoms with E-state index in [9.17, 15) is 9.18 Å². The lowest BCUT2D eigenvalue weighted by atomic mass is 10.1. The molecular formula is C24H20FN3O5S. The van der Waals surface area contributed by atoms with Crippen LogP contribution in [0, 0.1) is 12.7 Å². The fraction of sp³-hybridized carbons (Fsp3) is 0.208. The van der Waals surface area contributed by atoms with Gasteiger partial charge in [0.15, 0.2) is 11.6 Å². The first-order valence-corrected chi connectivity index (χ1v) is 11.3. The summed E-state index contributed by atoms with van der Waals surface area (Å²) in [4.78, 5) is 19.1. The summed E-state index contributed by atoms with van der Waals surface area (Å²) in [5.74, 6) is 0.766. The second-order valence-corrected chi connectivity index (χ2v) is 9.04. The topological polar surface area (TPSA) is 97.9 Å². The summed E-state index contributed by atoms with van der Waals surface area (Å²) in [6.07, 6.45) is -1.52. The predicted molar refractivity (Wildman–Crippen MR) is 122 cm³/mol. The molecule has 1 saturated heterocycles. The second-order valence-electron chi connectivity index (χ2n) is 7.91. The molecule has 0 amide bonds. The first-order valence-electron chi connectivity index (χ1n) is 10.5. The molecule has 0 atom stereocenters. The number of carboxylic acid groups (broad SMARTS) is 1. The van der Waals surface area contributed by atoms with Gasteiger partial charge in [0.2, 0.25) is 5.82 Å². The van der Waals surface area contributed by atoms with Crippen LogP contribution in [-0.4, -0.2) is 45.5 Å². The summed E-state index contributed by atoms with van der Waals surface area (Å²) < 4.78 is 30.4. The average Bonchev–Trinajstić information content (AvgIpc) is 3.41. The number of nitrogens with zero attached hydrogens (tertiary/aromatic N) is 3. The maximum Gasteiger partial charge on any atom is 0.506 e. The number of likely N-dealkylation sites (tertiary alicyclic amines) is 1. The second kappa shape index (κ2) is 9.24.